The van der Waals surface area contributed by atoms with Crippen LogP contribution in [-0.2, 0) is 14.4 Å². The molecule has 1 aliphatic rings. The number of hydroxylamine groups is 2. The molecule has 1 heterocycles. The van der Waals surface area contributed by atoms with Crippen LogP contribution in [0.2, 0.25) is 0 Å². The molecule has 0 N–H and O–H groups in total. The fraction of sp³-hybridized carbons (Fsp3) is 0.778. The van der Waals surface area contributed by atoms with Crippen molar-refractivity contribution in [2.75, 3.05) is 14.2 Å². The minimum atomic E-state index is -0.472. The second-order valence-electron chi connectivity index (χ2n) is 3.56. The molecule has 0 unspecified atom stereocenters. The van der Waals surface area contributed by atoms with Gasteiger partial charge >= 0.3 is 0 Å². The summed E-state index contributed by atoms with van der Waals surface area (Å²) >= 11 is 0. The van der Waals surface area contributed by atoms with Gasteiger partial charge in [0.15, 0.2) is 12.4 Å². The van der Waals surface area contributed by atoms with Gasteiger partial charge in [0.2, 0.25) is 0 Å². The fourth-order valence-electron chi connectivity index (χ4n) is 1.33. The number of aliphatic imine (C=N–C) groups is 1. The Balaban J connectivity index is 2.66. The monoisotopic (exact) mass is 200 g/mol. The zero-order valence-electron chi connectivity index (χ0n) is 8.93. The summed E-state index contributed by atoms with van der Waals surface area (Å²) in [5, 5.41) is 1.17. The van der Waals surface area contributed by atoms with Crippen molar-refractivity contribution < 1.29 is 14.4 Å². The summed E-state index contributed by atoms with van der Waals surface area (Å²) in [7, 11) is 3.01. The molecule has 1 amide bonds. The molecule has 5 nitrogen and oxygen atoms in total. The smallest absolute Gasteiger partial charge is 0.274 e. The van der Waals surface area contributed by atoms with Gasteiger partial charge in [-0.15, -0.1) is 0 Å². The van der Waals surface area contributed by atoms with Crippen LogP contribution in [0.5, 0.6) is 0 Å². The van der Waals surface area contributed by atoms with E-state index in [0.29, 0.717) is 0 Å². The SMILES string of the molecule is CON(C)C(=O)[C@H]1N=CO[C@@H]1C(C)C. The third-order valence-electron chi connectivity index (χ3n) is 2.24. The van der Waals surface area contributed by atoms with E-state index in [2.05, 4.69) is 4.99 Å². The van der Waals surface area contributed by atoms with Crippen LogP contribution in [0.3, 0.4) is 0 Å². The predicted molar refractivity (Wildman–Crippen MR) is 51.8 cm³/mol. The van der Waals surface area contributed by atoms with Crippen molar-refractivity contribution in [1.29, 1.82) is 0 Å². The van der Waals surface area contributed by atoms with Gasteiger partial charge in [-0.3, -0.25) is 9.63 Å². The molecule has 0 bridgehead atoms. The standard InChI is InChI=1S/C9H16N2O3/c1-6(2)8-7(10-5-14-8)9(12)11(3)13-4/h5-8H,1-4H3/t7-,8+/m0/s1. The van der Waals surface area contributed by atoms with E-state index in [0.717, 1.165) is 0 Å². The Morgan fingerprint density at radius 2 is 2.29 bits per heavy atom. The number of carbonyl (C=O) groups excluding carboxylic acids is 1. The Hall–Kier alpha value is -1.10. The van der Waals surface area contributed by atoms with Crippen LogP contribution >= 0.6 is 0 Å². The van der Waals surface area contributed by atoms with E-state index in [4.69, 9.17) is 9.57 Å². The highest BCUT2D eigenvalue weighted by Gasteiger charge is 2.36. The van der Waals surface area contributed by atoms with Crippen molar-refractivity contribution in [2.24, 2.45) is 10.9 Å². The van der Waals surface area contributed by atoms with E-state index in [1.165, 1.54) is 18.6 Å². The average Bonchev–Trinajstić information content (AvgIpc) is 2.63. The topological polar surface area (TPSA) is 51.1 Å². The largest absolute Gasteiger partial charge is 0.477 e. The van der Waals surface area contributed by atoms with E-state index >= 15 is 0 Å². The van der Waals surface area contributed by atoms with Crippen molar-refractivity contribution in [3.05, 3.63) is 0 Å². The van der Waals surface area contributed by atoms with Crippen molar-refractivity contribution in [2.45, 2.75) is 26.0 Å². The predicted octanol–water partition coefficient (Wildman–Crippen LogP) is 0.458. The molecule has 80 valence electrons. The lowest BCUT2D eigenvalue weighted by molar-refractivity contribution is -0.172. The summed E-state index contributed by atoms with van der Waals surface area (Å²) in [6.45, 7) is 3.98. The van der Waals surface area contributed by atoms with Gasteiger partial charge in [-0.05, 0) is 5.92 Å². The highest BCUT2D eigenvalue weighted by Crippen LogP contribution is 2.19. The van der Waals surface area contributed by atoms with Crippen LogP contribution in [0.25, 0.3) is 0 Å². The Bertz CT molecular complexity index is 240. The average molecular weight is 200 g/mol. The minimum Gasteiger partial charge on any atom is -0.477 e. The van der Waals surface area contributed by atoms with Gasteiger partial charge in [0.1, 0.15) is 6.10 Å². The highest BCUT2D eigenvalue weighted by atomic mass is 16.7. The highest BCUT2D eigenvalue weighted by molar-refractivity contribution is 5.84. The molecule has 0 saturated carbocycles. The maximum Gasteiger partial charge on any atom is 0.274 e. The van der Waals surface area contributed by atoms with Gasteiger partial charge in [0.25, 0.3) is 5.91 Å². The summed E-state index contributed by atoms with van der Waals surface area (Å²) in [6, 6.07) is -0.472. The number of ether oxygens (including phenoxy) is 1. The number of nitrogens with zero attached hydrogens (tertiary/aromatic N) is 2. The fourth-order valence-corrected chi connectivity index (χ4v) is 1.33. The molecule has 1 aliphatic heterocycles. The number of hydrogen-bond acceptors (Lipinski definition) is 4. The first-order valence-electron chi connectivity index (χ1n) is 4.56. The molecular formula is C9H16N2O3. The van der Waals surface area contributed by atoms with Crippen molar-refractivity contribution >= 4 is 12.3 Å². The molecule has 0 aromatic rings. The number of rotatable bonds is 3. The lowest BCUT2D eigenvalue weighted by Gasteiger charge is -2.23. The number of carbonyl (C=O) groups is 1. The van der Waals surface area contributed by atoms with E-state index in [-0.39, 0.29) is 17.9 Å². The second kappa shape index (κ2) is 4.41. The normalized spacial score (nSPS) is 25.2. The molecule has 0 aromatic heterocycles. The Labute approximate surface area is 83.7 Å². The van der Waals surface area contributed by atoms with Gasteiger partial charge in [0.05, 0.1) is 7.11 Å². The van der Waals surface area contributed by atoms with E-state index < -0.39 is 6.04 Å². The third-order valence-corrected chi connectivity index (χ3v) is 2.24. The minimum absolute atomic E-state index is 0.180. The Kier molecular flexibility index (Phi) is 3.46. The summed E-state index contributed by atoms with van der Waals surface area (Å²) < 4.78 is 5.25. The molecule has 0 spiro atoms. The van der Waals surface area contributed by atoms with Crippen molar-refractivity contribution in [3.8, 4) is 0 Å². The molecule has 1 rings (SSSR count). The molecule has 0 radical (unpaired) electrons. The van der Waals surface area contributed by atoms with Gasteiger partial charge < -0.3 is 4.74 Å². The molecule has 5 heteroatoms. The molecule has 0 saturated heterocycles. The zero-order chi connectivity index (χ0) is 10.7. The van der Waals surface area contributed by atoms with Crippen LogP contribution in [-0.4, -0.2) is 43.7 Å². The lowest BCUT2D eigenvalue weighted by atomic mass is 10.00. The van der Waals surface area contributed by atoms with Crippen LogP contribution in [0.4, 0.5) is 0 Å². The lowest BCUT2D eigenvalue weighted by Crippen LogP contribution is -2.42. The third kappa shape index (κ3) is 2.04. The number of amides is 1. The van der Waals surface area contributed by atoms with Crippen LogP contribution in [0, 0.1) is 5.92 Å². The summed E-state index contributed by atoms with van der Waals surface area (Å²) in [5.74, 6) is 0.0663. The first-order chi connectivity index (χ1) is 6.57. The van der Waals surface area contributed by atoms with Gasteiger partial charge in [-0.25, -0.2) is 10.1 Å². The summed E-state index contributed by atoms with van der Waals surface area (Å²) in [5.41, 5.74) is 0. The molecule has 2 atom stereocenters. The summed E-state index contributed by atoms with van der Waals surface area (Å²) in [4.78, 5) is 20.5. The van der Waals surface area contributed by atoms with Gasteiger partial charge in [-0.1, -0.05) is 13.8 Å². The van der Waals surface area contributed by atoms with E-state index in [1.807, 2.05) is 13.8 Å². The Morgan fingerprint density at radius 3 is 2.79 bits per heavy atom. The maximum atomic E-state index is 11.7. The van der Waals surface area contributed by atoms with Crippen LogP contribution in [0.1, 0.15) is 13.8 Å². The van der Waals surface area contributed by atoms with Gasteiger partial charge in [-0.2, -0.15) is 0 Å². The van der Waals surface area contributed by atoms with Crippen LogP contribution < -0.4 is 0 Å². The molecular weight excluding hydrogens is 184 g/mol. The molecule has 0 aliphatic carbocycles. The Morgan fingerprint density at radius 1 is 1.64 bits per heavy atom. The van der Waals surface area contributed by atoms with Crippen molar-refractivity contribution in [3.63, 3.8) is 0 Å². The summed E-state index contributed by atoms with van der Waals surface area (Å²) in [6.07, 6.45) is 1.16. The molecule has 0 aromatic carbocycles. The van der Waals surface area contributed by atoms with Gasteiger partial charge in [0, 0.05) is 7.05 Å². The first kappa shape index (κ1) is 11.0. The van der Waals surface area contributed by atoms with Crippen molar-refractivity contribution in [1.82, 2.24) is 5.06 Å². The van der Waals surface area contributed by atoms with E-state index in [1.54, 1.807) is 7.05 Å². The quantitative estimate of drug-likeness (QED) is 0.622. The first-order valence-corrected chi connectivity index (χ1v) is 4.56. The number of likely N-dealkylation sites (N-methyl/N-ethyl adjacent to an activating group) is 1. The van der Waals surface area contributed by atoms with E-state index in [9.17, 15) is 4.79 Å². The molecule has 0 fully saturated rings. The second-order valence-corrected chi connectivity index (χ2v) is 3.56. The molecule has 14 heavy (non-hydrogen) atoms. The zero-order valence-corrected chi connectivity index (χ0v) is 8.93. The maximum absolute atomic E-state index is 11.7. The van der Waals surface area contributed by atoms with Crippen LogP contribution in [0.15, 0.2) is 4.99 Å². The number of hydrogen-bond donors (Lipinski definition) is 0.